The Balaban J connectivity index is 0.00000261. The lowest BCUT2D eigenvalue weighted by Crippen LogP contribution is -2.37. The minimum atomic E-state index is -0.211. The summed E-state index contributed by atoms with van der Waals surface area (Å²) in [4.78, 5) is 8.38. The lowest BCUT2D eigenvalue weighted by Gasteiger charge is -2.12. The van der Waals surface area contributed by atoms with Crippen LogP contribution in [0.3, 0.4) is 0 Å². The average molecular weight is 480 g/mol. The lowest BCUT2D eigenvalue weighted by molar-refractivity contribution is 0.625. The van der Waals surface area contributed by atoms with Crippen LogP contribution < -0.4 is 10.6 Å². The summed E-state index contributed by atoms with van der Waals surface area (Å²) in [7, 11) is 1.72. The number of aromatic nitrogens is 3. The van der Waals surface area contributed by atoms with Crippen LogP contribution in [-0.2, 0) is 13.0 Å². The number of rotatable bonds is 6. The number of guanidine groups is 1. The van der Waals surface area contributed by atoms with E-state index in [0.29, 0.717) is 19.0 Å². The van der Waals surface area contributed by atoms with Gasteiger partial charge in [-0.3, -0.25) is 10.1 Å². The molecule has 0 spiro atoms. The fourth-order valence-electron chi connectivity index (χ4n) is 2.60. The van der Waals surface area contributed by atoms with Gasteiger partial charge in [0.05, 0.1) is 0 Å². The van der Waals surface area contributed by atoms with Crippen LogP contribution >= 0.6 is 24.0 Å². The first-order valence-corrected chi connectivity index (χ1v) is 8.38. The molecule has 0 bridgehead atoms. The third-order valence-electron chi connectivity index (χ3n) is 3.89. The van der Waals surface area contributed by atoms with E-state index in [1.807, 2.05) is 30.3 Å². The first kappa shape index (κ1) is 20.8. The van der Waals surface area contributed by atoms with E-state index in [2.05, 4.69) is 30.8 Å². The van der Waals surface area contributed by atoms with E-state index in [1.54, 1.807) is 19.2 Å². The Morgan fingerprint density at radius 1 is 1.11 bits per heavy atom. The maximum absolute atomic E-state index is 13.2. The van der Waals surface area contributed by atoms with Gasteiger partial charge in [-0.05, 0) is 35.7 Å². The third-order valence-corrected chi connectivity index (χ3v) is 3.89. The van der Waals surface area contributed by atoms with E-state index in [1.165, 1.54) is 12.4 Å². The Hall–Kier alpha value is -2.49. The molecule has 0 amide bonds. The number of halogens is 2. The Kier molecular flexibility index (Phi) is 8.18. The zero-order chi connectivity index (χ0) is 18.2. The maximum Gasteiger partial charge on any atom is 0.191 e. The molecular weight excluding hydrogens is 458 g/mol. The van der Waals surface area contributed by atoms with Crippen molar-refractivity contribution < 1.29 is 4.39 Å². The molecule has 0 unspecified atom stereocenters. The summed E-state index contributed by atoms with van der Waals surface area (Å²) in [5.41, 5.74) is 3.04. The van der Waals surface area contributed by atoms with Gasteiger partial charge in [0.2, 0.25) is 0 Å². The number of H-pyrrole nitrogens is 1. The molecule has 0 aliphatic rings. The Morgan fingerprint density at radius 2 is 1.93 bits per heavy atom. The van der Waals surface area contributed by atoms with Gasteiger partial charge in [-0.1, -0.05) is 30.3 Å². The number of aliphatic imine (C=N–C) groups is 1. The molecule has 2 aromatic carbocycles. The second-order valence-electron chi connectivity index (χ2n) is 5.77. The van der Waals surface area contributed by atoms with Gasteiger partial charge in [-0.15, -0.1) is 24.0 Å². The highest BCUT2D eigenvalue weighted by atomic mass is 127. The van der Waals surface area contributed by atoms with E-state index in [0.717, 1.165) is 28.9 Å². The number of aromatic amines is 1. The summed E-state index contributed by atoms with van der Waals surface area (Å²) in [5, 5.41) is 13.2. The van der Waals surface area contributed by atoms with Crippen LogP contribution in [0.5, 0.6) is 0 Å². The first-order valence-electron chi connectivity index (χ1n) is 8.38. The van der Waals surface area contributed by atoms with E-state index in [-0.39, 0.29) is 29.8 Å². The molecule has 0 aliphatic carbocycles. The molecule has 0 saturated carbocycles. The van der Waals surface area contributed by atoms with Gasteiger partial charge in [-0.2, -0.15) is 5.10 Å². The maximum atomic E-state index is 13.2. The van der Waals surface area contributed by atoms with Crippen LogP contribution in [0.4, 0.5) is 4.39 Å². The number of hydrogen-bond donors (Lipinski definition) is 3. The number of nitrogens with one attached hydrogen (secondary N) is 3. The number of nitrogens with zero attached hydrogens (tertiary/aromatic N) is 3. The molecule has 0 saturated heterocycles. The molecule has 6 nitrogen and oxygen atoms in total. The highest BCUT2D eigenvalue weighted by molar-refractivity contribution is 14.0. The molecular formula is C19H22FIN6. The summed E-state index contributed by atoms with van der Waals surface area (Å²) in [6.07, 6.45) is 2.21. The summed E-state index contributed by atoms with van der Waals surface area (Å²) >= 11 is 0. The van der Waals surface area contributed by atoms with E-state index in [4.69, 9.17) is 0 Å². The van der Waals surface area contributed by atoms with Gasteiger partial charge >= 0.3 is 0 Å². The highest BCUT2D eigenvalue weighted by Gasteiger charge is 2.03. The van der Waals surface area contributed by atoms with Gasteiger partial charge in [-0.25, -0.2) is 9.37 Å². The standard InChI is InChI=1S/C19H21FN6.HI/c1-21-19(22-9-8-14-4-3-7-17(20)11-14)23-12-15-5-2-6-16(10-15)18-24-13-25-26-18;/h2-7,10-11,13H,8-9,12H2,1H3,(H2,21,22,23)(H,24,25,26);1H. The topological polar surface area (TPSA) is 78.0 Å². The van der Waals surface area contributed by atoms with Crippen LogP contribution in [0.1, 0.15) is 11.1 Å². The number of hydrogen-bond acceptors (Lipinski definition) is 3. The third kappa shape index (κ3) is 6.31. The van der Waals surface area contributed by atoms with Crippen LogP contribution in [0.25, 0.3) is 11.4 Å². The smallest absolute Gasteiger partial charge is 0.191 e. The molecule has 1 aromatic heterocycles. The summed E-state index contributed by atoms with van der Waals surface area (Å²) in [5.74, 6) is 1.23. The second-order valence-corrected chi connectivity index (χ2v) is 5.77. The molecule has 142 valence electrons. The van der Waals surface area contributed by atoms with Gasteiger partial charge < -0.3 is 10.6 Å². The fourth-order valence-corrected chi connectivity index (χ4v) is 2.60. The van der Waals surface area contributed by atoms with Gasteiger partial charge in [0.25, 0.3) is 0 Å². The van der Waals surface area contributed by atoms with Gasteiger partial charge in [0.15, 0.2) is 11.8 Å². The van der Waals surface area contributed by atoms with E-state index >= 15 is 0 Å². The summed E-state index contributed by atoms with van der Waals surface area (Å²) < 4.78 is 13.2. The molecule has 27 heavy (non-hydrogen) atoms. The predicted molar refractivity (Wildman–Crippen MR) is 116 cm³/mol. The zero-order valence-electron chi connectivity index (χ0n) is 14.9. The van der Waals surface area contributed by atoms with Crippen molar-refractivity contribution in [3.63, 3.8) is 0 Å². The van der Waals surface area contributed by atoms with Crippen molar-refractivity contribution in [1.29, 1.82) is 0 Å². The lowest BCUT2D eigenvalue weighted by atomic mass is 10.1. The summed E-state index contributed by atoms with van der Waals surface area (Å²) in [6, 6.07) is 14.7. The molecule has 0 fully saturated rings. The second kappa shape index (κ2) is 10.6. The van der Waals surface area contributed by atoms with Crippen molar-refractivity contribution in [2.24, 2.45) is 4.99 Å². The van der Waals surface area contributed by atoms with Crippen molar-refractivity contribution >= 4 is 29.9 Å². The normalized spacial score (nSPS) is 11.0. The Morgan fingerprint density at radius 3 is 2.67 bits per heavy atom. The fraction of sp³-hybridized carbons (Fsp3) is 0.211. The van der Waals surface area contributed by atoms with Crippen molar-refractivity contribution in [2.75, 3.05) is 13.6 Å². The first-order chi connectivity index (χ1) is 12.7. The minimum Gasteiger partial charge on any atom is -0.356 e. The quantitative estimate of drug-likeness (QED) is 0.288. The van der Waals surface area contributed by atoms with Crippen LogP contribution in [0, 0.1) is 5.82 Å². The molecule has 3 N–H and O–H groups in total. The van der Waals surface area contributed by atoms with Crippen molar-refractivity contribution in [3.05, 3.63) is 71.8 Å². The predicted octanol–water partition coefficient (Wildman–Crippen LogP) is 3.14. The Labute approximate surface area is 174 Å². The zero-order valence-corrected chi connectivity index (χ0v) is 17.3. The minimum absolute atomic E-state index is 0. The average Bonchev–Trinajstić information content (AvgIpc) is 3.20. The highest BCUT2D eigenvalue weighted by Crippen LogP contribution is 2.15. The largest absolute Gasteiger partial charge is 0.356 e. The van der Waals surface area contributed by atoms with Crippen molar-refractivity contribution in [1.82, 2.24) is 25.8 Å². The van der Waals surface area contributed by atoms with E-state index < -0.39 is 0 Å². The van der Waals surface area contributed by atoms with Crippen molar-refractivity contribution in [2.45, 2.75) is 13.0 Å². The molecule has 1 heterocycles. The van der Waals surface area contributed by atoms with E-state index in [9.17, 15) is 4.39 Å². The molecule has 3 aromatic rings. The van der Waals surface area contributed by atoms with Crippen LogP contribution in [0.2, 0.25) is 0 Å². The summed E-state index contributed by atoms with van der Waals surface area (Å²) in [6.45, 7) is 1.29. The molecule has 8 heteroatoms. The van der Waals surface area contributed by atoms with Gasteiger partial charge in [0, 0.05) is 25.7 Å². The number of benzene rings is 2. The van der Waals surface area contributed by atoms with Gasteiger partial charge in [0.1, 0.15) is 12.1 Å². The van der Waals surface area contributed by atoms with Crippen LogP contribution in [-0.4, -0.2) is 34.7 Å². The Bertz CT molecular complexity index is 866. The molecule has 3 rings (SSSR count). The van der Waals surface area contributed by atoms with Crippen LogP contribution in [0.15, 0.2) is 59.9 Å². The molecule has 0 atom stereocenters. The SMILES string of the molecule is CN=C(NCCc1cccc(F)c1)NCc1cccc(-c2ncn[nH]2)c1.I. The van der Waals surface area contributed by atoms with Crippen molar-refractivity contribution in [3.8, 4) is 11.4 Å². The monoisotopic (exact) mass is 480 g/mol. The molecule has 0 aliphatic heterocycles. The molecule has 0 radical (unpaired) electrons.